The van der Waals surface area contributed by atoms with Gasteiger partial charge in [-0.1, -0.05) is 6.07 Å². The fourth-order valence-electron chi connectivity index (χ4n) is 3.64. The summed E-state index contributed by atoms with van der Waals surface area (Å²) in [5.74, 6) is 5.99. The monoisotopic (exact) mass is 353 g/mol. The minimum atomic E-state index is -0.759. The highest BCUT2D eigenvalue weighted by atomic mass is 16.5. The van der Waals surface area contributed by atoms with Crippen LogP contribution in [0.25, 0.3) is 0 Å². The number of aliphatic hydroxyl groups is 1. The number of nitrogens with two attached hydrogens (primary N) is 2. The van der Waals surface area contributed by atoms with E-state index in [1.165, 1.54) is 5.01 Å². The van der Waals surface area contributed by atoms with Crippen molar-refractivity contribution >= 4 is 0 Å². The molecule has 0 aliphatic carbocycles. The van der Waals surface area contributed by atoms with Gasteiger partial charge in [-0.25, -0.2) is 5.84 Å². The van der Waals surface area contributed by atoms with E-state index >= 15 is 0 Å². The van der Waals surface area contributed by atoms with Gasteiger partial charge in [-0.3, -0.25) is 15.4 Å². The molecule has 0 fully saturated rings. The topological polar surface area (TPSA) is 137 Å². The first kappa shape index (κ1) is 16.3. The van der Waals surface area contributed by atoms with Crippen molar-refractivity contribution in [2.45, 2.75) is 31.5 Å². The zero-order valence-corrected chi connectivity index (χ0v) is 14.3. The number of nitrogens with zero attached hydrogens (tertiary/aromatic N) is 4. The number of fused-ring (bicyclic) bond motifs is 2. The summed E-state index contributed by atoms with van der Waals surface area (Å²) in [4.78, 5) is 4.16. The molecule has 0 bridgehead atoms. The average Bonchev–Trinajstić information content (AvgIpc) is 2.98. The highest BCUT2D eigenvalue weighted by Gasteiger charge is 2.52. The number of hydrogen-bond acceptors (Lipinski definition) is 9. The number of aromatic nitrogens is 1. The van der Waals surface area contributed by atoms with E-state index in [0.29, 0.717) is 11.5 Å². The molecule has 4 heterocycles. The molecule has 0 spiro atoms. The summed E-state index contributed by atoms with van der Waals surface area (Å²) in [7, 11) is 0. The minimum absolute atomic E-state index is 0.0445. The minimum Gasteiger partial charge on any atom is -0.494 e. The van der Waals surface area contributed by atoms with Crippen molar-refractivity contribution in [3.63, 3.8) is 0 Å². The van der Waals surface area contributed by atoms with Gasteiger partial charge in [-0.2, -0.15) is 10.3 Å². The van der Waals surface area contributed by atoms with Crippen molar-refractivity contribution in [2.75, 3.05) is 0 Å². The van der Waals surface area contributed by atoms with Gasteiger partial charge < -0.3 is 15.6 Å². The van der Waals surface area contributed by atoms with Crippen molar-refractivity contribution in [1.82, 2.24) is 20.4 Å². The SMILES string of the molecule is CC1(C)N(N)C(O)=C[C@@H]2C3=C(NN21)OC(N)=C(C#N)[C@H]3c1cccnc1. The molecule has 3 aliphatic heterocycles. The standard InChI is InChI=1S/C17H19N7O2/c1-17(2)23(20)12(25)6-11-14-13(9-4-3-5-21-8-9)10(7-18)15(19)26-16(14)22-24(11)17/h3-6,8,11,13,22,25H,19-20H2,1-2H3/t11-,13-/m1/s1. The second kappa shape index (κ2) is 5.39. The van der Waals surface area contributed by atoms with Gasteiger partial charge in [-0.05, 0) is 25.5 Å². The lowest BCUT2D eigenvalue weighted by molar-refractivity contribution is -0.0840. The molecular formula is C17H19N7O2. The zero-order valence-electron chi connectivity index (χ0n) is 14.3. The van der Waals surface area contributed by atoms with Crippen LogP contribution in [0.15, 0.2) is 59.4 Å². The number of nitriles is 1. The Morgan fingerprint density at radius 3 is 2.88 bits per heavy atom. The van der Waals surface area contributed by atoms with Crippen LogP contribution in [-0.2, 0) is 4.74 Å². The summed E-state index contributed by atoms with van der Waals surface area (Å²) in [6, 6.07) is 5.46. The Hall–Kier alpha value is -3.22. The Labute approximate surface area is 150 Å². The molecule has 2 atom stereocenters. The average molecular weight is 353 g/mol. The van der Waals surface area contributed by atoms with E-state index < -0.39 is 11.6 Å². The molecule has 9 nitrogen and oxygen atoms in total. The maximum Gasteiger partial charge on any atom is 0.212 e. The Bertz CT molecular complexity index is 897. The fraction of sp³-hybridized carbons (Fsp3) is 0.294. The molecule has 4 rings (SSSR count). The number of aliphatic hydroxyl groups excluding tert-OH is 1. The Morgan fingerprint density at radius 2 is 2.23 bits per heavy atom. The maximum atomic E-state index is 10.3. The van der Waals surface area contributed by atoms with E-state index in [1.807, 2.05) is 24.9 Å². The third-order valence-corrected chi connectivity index (χ3v) is 5.03. The second-order valence-corrected chi connectivity index (χ2v) is 6.81. The lowest BCUT2D eigenvalue weighted by Gasteiger charge is -2.48. The molecule has 6 N–H and O–H groups in total. The number of nitrogens with one attached hydrogen (secondary N) is 1. The summed E-state index contributed by atoms with van der Waals surface area (Å²) in [6.45, 7) is 3.71. The first-order valence-corrected chi connectivity index (χ1v) is 8.09. The molecule has 0 saturated carbocycles. The molecule has 26 heavy (non-hydrogen) atoms. The van der Waals surface area contributed by atoms with Crippen molar-refractivity contribution in [3.8, 4) is 6.07 Å². The Morgan fingerprint density at radius 1 is 1.46 bits per heavy atom. The van der Waals surface area contributed by atoms with E-state index in [4.69, 9.17) is 16.3 Å². The molecule has 0 unspecified atom stereocenters. The third-order valence-electron chi connectivity index (χ3n) is 5.03. The van der Waals surface area contributed by atoms with Gasteiger partial charge in [0.15, 0.2) is 0 Å². The van der Waals surface area contributed by atoms with Gasteiger partial charge in [0.1, 0.15) is 17.3 Å². The van der Waals surface area contributed by atoms with Crippen LogP contribution in [0.4, 0.5) is 0 Å². The summed E-state index contributed by atoms with van der Waals surface area (Å²) in [5, 5.41) is 23.1. The van der Waals surface area contributed by atoms with E-state index in [2.05, 4.69) is 16.5 Å². The summed E-state index contributed by atoms with van der Waals surface area (Å²) in [5.41, 5.74) is 10.3. The molecule has 134 valence electrons. The van der Waals surface area contributed by atoms with Crippen molar-refractivity contribution in [2.24, 2.45) is 11.6 Å². The van der Waals surface area contributed by atoms with Crippen LogP contribution >= 0.6 is 0 Å². The summed E-state index contributed by atoms with van der Waals surface area (Å²) < 4.78 is 5.69. The molecule has 0 saturated heterocycles. The van der Waals surface area contributed by atoms with Crippen LogP contribution in [-0.4, -0.2) is 31.8 Å². The number of hydrogen-bond donors (Lipinski definition) is 4. The van der Waals surface area contributed by atoms with E-state index in [0.717, 1.165) is 11.1 Å². The predicted molar refractivity (Wildman–Crippen MR) is 91.5 cm³/mol. The van der Waals surface area contributed by atoms with Gasteiger partial charge in [0, 0.05) is 24.0 Å². The van der Waals surface area contributed by atoms with Gasteiger partial charge >= 0.3 is 0 Å². The van der Waals surface area contributed by atoms with Crippen molar-refractivity contribution in [3.05, 3.63) is 65.0 Å². The van der Waals surface area contributed by atoms with Crippen LogP contribution in [0.3, 0.4) is 0 Å². The number of hydrazine groups is 2. The molecule has 9 heteroatoms. The van der Waals surface area contributed by atoms with Gasteiger partial charge in [0.05, 0.1) is 12.0 Å². The summed E-state index contributed by atoms with van der Waals surface area (Å²) >= 11 is 0. The van der Waals surface area contributed by atoms with Gasteiger partial charge in [0.25, 0.3) is 0 Å². The highest BCUT2D eigenvalue weighted by molar-refractivity contribution is 5.52. The smallest absolute Gasteiger partial charge is 0.212 e. The van der Waals surface area contributed by atoms with Gasteiger partial charge in [-0.15, -0.1) is 0 Å². The van der Waals surface area contributed by atoms with Crippen LogP contribution in [0.2, 0.25) is 0 Å². The molecule has 0 amide bonds. The van der Waals surface area contributed by atoms with Crippen molar-refractivity contribution in [1.29, 1.82) is 5.26 Å². The lowest BCUT2D eigenvalue weighted by atomic mass is 9.81. The quantitative estimate of drug-likeness (QED) is 0.535. The molecule has 0 aromatic carbocycles. The second-order valence-electron chi connectivity index (χ2n) is 6.81. The lowest BCUT2D eigenvalue weighted by Crippen LogP contribution is -2.66. The van der Waals surface area contributed by atoms with Crippen molar-refractivity contribution < 1.29 is 9.84 Å². The number of rotatable bonds is 1. The Balaban J connectivity index is 1.88. The summed E-state index contributed by atoms with van der Waals surface area (Å²) in [6.07, 6.45) is 4.97. The van der Waals surface area contributed by atoms with Crippen LogP contribution in [0.5, 0.6) is 0 Å². The molecular weight excluding hydrogens is 334 g/mol. The van der Waals surface area contributed by atoms with Crippen LogP contribution < -0.4 is 17.0 Å². The normalized spacial score (nSPS) is 27.2. The third kappa shape index (κ3) is 2.06. The molecule has 3 aliphatic rings. The van der Waals surface area contributed by atoms with Crippen LogP contribution in [0, 0.1) is 11.3 Å². The highest BCUT2D eigenvalue weighted by Crippen LogP contribution is 2.46. The van der Waals surface area contributed by atoms with Crippen LogP contribution in [0.1, 0.15) is 25.3 Å². The zero-order chi connectivity index (χ0) is 18.6. The van der Waals surface area contributed by atoms with Gasteiger partial charge in [0.2, 0.25) is 17.6 Å². The largest absolute Gasteiger partial charge is 0.494 e. The number of pyridine rings is 1. The number of allylic oxidation sites excluding steroid dienone is 1. The first-order chi connectivity index (χ1) is 12.4. The Kier molecular flexibility index (Phi) is 3.37. The van der Waals surface area contributed by atoms with E-state index in [9.17, 15) is 10.4 Å². The number of ether oxygens (including phenoxy) is 1. The van der Waals surface area contributed by atoms with E-state index in [-0.39, 0.29) is 17.8 Å². The molecule has 0 radical (unpaired) electrons. The van der Waals surface area contributed by atoms with E-state index in [1.54, 1.807) is 24.5 Å². The first-order valence-electron chi connectivity index (χ1n) is 8.09. The fourth-order valence-corrected chi connectivity index (χ4v) is 3.64. The molecule has 1 aromatic rings. The maximum absolute atomic E-state index is 10.3. The predicted octanol–water partition coefficient (Wildman–Crippen LogP) is 0.614. The molecule has 1 aromatic heterocycles.